The fraction of sp³-hybridized carbons (Fsp3) is 0.261. The first-order chi connectivity index (χ1) is 15.0. The van der Waals surface area contributed by atoms with Crippen molar-refractivity contribution in [3.8, 4) is 11.3 Å². The molecule has 0 fully saturated rings. The molecule has 1 atom stereocenters. The van der Waals surface area contributed by atoms with Gasteiger partial charge in [-0.05, 0) is 24.3 Å². The zero-order chi connectivity index (χ0) is 22.6. The molecule has 1 heterocycles. The average molecular weight is 460 g/mol. The summed E-state index contributed by atoms with van der Waals surface area (Å²) >= 11 is 8.05. The van der Waals surface area contributed by atoms with Gasteiger partial charge in [0.25, 0.3) is 0 Å². The summed E-state index contributed by atoms with van der Waals surface area (Å²) in [6.07, 6.45) is 1.40. The molecule has 3 aromatic rings. The molecule has 0 N–H and O–H groups in total. The summed E-state index contributed by atoms with van der Waals surface area (Å²) in [6.45, 7) is 3.95. The van der Waals surface area contributed by atoms with Gasteiger partial charge in [-0.15, -0.1) is 0 Å². The van der Waals surface area contributed by atoms with Gasteiger partial charge in [0.2, 0.25) is 0 Å². The molecule has 0 saturated carbocycles. The van der Waals surface area contributed by atoms with Crippen LogP contribution in [0.3, 0.4) is 0 Å². The molecular formula is C23H22ClNO5S. The van der Waals surface area contributed by atoms with E-state index in [1.54, 1.807) is 13.0 Å². The summed E-state index contributed by atoms with van der Waals surface area (Å²) in [5.74, 6) is 1.71. The number of hydrogen-bond acceptors (Lipinski definition) is 7. The SMILES string of the molecule is CCSCc1ccc(-c2nocc2CC(=O)O[C@H](C)c2ccccc2Cl)cc1.O=C=O. The second kappa shape index (κ2) is 12.7. The van der Waals surface area contributed by atoms with Crippen LogP contribution in [0.25, 0.3) is 11.3 Å². The van der Waals surface area contributed by atoms with Gasteiger partial charge in [0, 0.05) is 27.5 Å². The van der Waals surface area contributed by atoms with Gasteiger partial charge >= 0.3 is 12.1 Å². The minimum absolute atomic E-state index is 0.0844. The monoisotopic (exact) mass is 459 g/mol. The van der Waals surface area contributed by atoms with Crippen molar-refractivity contribution < 1.29 is 23.6 Å². The molecule has 0 saturated heterocycles. The molecule has 0 radical (unpaired) electrons. The van der Waals surface area contributed by atoms with Gasteiger partial charge in [-0.25, -0.2) is 0 Å². The summed E-state index contributed by atoms with van der Waals surface area (Å²) in [7, 11) is 0. The number of benzene rings is 2. The third-order valence-electron chi connectivity index (χ3n) is 4.33. The molecule has 31 heavy (non-hydrogen) atoms. The Morgan fingerprint density at radius 2 is 1.87 bits per heavy atom. The van der Waals surface area contributed by atoms with Crippen LogP contribution >= 0.6 is 23.4 Å². The van der Waals surface area contributed by atoms with Gasteiger partial charge in [-0.2, -0.15) is 21.4 Å². The minimum Gasteiger partial charge on any atom is -0.457 e. The maximum absolute atomic E-state index is 12.4. The quantitative estimate of drug-likeness (QED) is 0.410. The summed E-state index contributed by atoms with van der Waals surface area (Å²) < 4.78 is 10.7. The van der Waals surface area contributed by atoms with Crippen LogP contribution in [0.4, 0.5) is 0 Å². The van der Waals surface area contributed by atoms with E-state index in [0.717, 1.165) is 22.6 Å². The number of halogens is 1. The maximum Gasteiger partial charge on any atom is 0.373 e. The van der Waals surface area contributed by atoms with E-state index in [4.69, 9.17) is 30.4 Å². The number of thioether (sulfide) groups is 1. The molecule has 1 aromatic heterocycles. The Kier molecular flexibility index (Phi) is 10.0. The minimum atomic E-state index is -0.431. The molecule has 8 heteroatoms. The Balaban J connectivity index is 0.00000107. The average Bonchev–Trinajstić information content (AvgIpc) is 3.21. The number of hydrogen-bond donors (Lipinski definition) is 0. The van der Waals surface area contributed by atoms with Crippen molar-refractivity contribution in [1.82, 2.24) is 5.16 Å². The standard InChI is InChI=1S/C22H22ClNO3S.CO2/c1-3-28-14-16-8-10-17(11-9-16)22-18(13-26-24-22)12-21(25)27-15(2)19-6-4-5-7-20(19)23;2-1-3/h4-11,13,15H,3,12,14H2,1-2H3;/t15-;/m1./s1. The Labute approximate surface area is 189 Å². The summed E-state index contributed by atoms with van der Waals surface area (Å²) in [5, 5.41) is 4.65. The van der Waals surface area contributed by atoms with Crippen LogP contribution in [0.1, 0.15) is 36.6 Å². The van der Waals surface area contributed by atoms with Crippen LogP contribution < -0.4 is 0 Å². The second-order valence-electron chi connectivity index (χ2n) is 6.44. The highest BCUT2D eigenvalue weighted by atomic mass is 35.5. The van der Waals surface area contributed by atoms with Gasteiger partial charge in [-0.3, -0.25) is 4.79 Å². The van der Waals surface area contributed by atoms with Crippen molar-refractivity contribution in [3.63, 3.8) is 0 Å². The number of carbonyl (C=O) groups excluding carboxylic acids is 3. The predicted molar refractivity (Wildman–Crippen MR) is 118 cm³/mol. The smallest absolute Gasteiger partial charge is 0.373 e. The molecule has 6 nitrogen and oxygen atoms in total. The van der Waals surface area contributed by atoms with Crippen molar-refractivity contribution in [3.05, 3.63) is 76.5 Å². The molecule has 0 bridgehead atoms. The van der Waals surface area contributed by atoms with E-state index in [1.165, 1.54) is 11.8 Å². The molecule has 162 valence electrons. The van der Waals surface area contributed by atoms with E-state index in [9.17, 15) is 4.79 Å². The fourth-order valence-corrected chi connectivity index (χ4v) is 3.78. The third kappa shape index (κ3) is 7.40. The van der Waals surface area contributed by atoms with Gasteiger partial charge in [-0.1, -0.05) is 66.1 Å². The largest absolute Gasteiger partial charge is 0.457 e. The zero-order valence-electron chi connectivity index (χ0n) is 17.2. The lowest BCUT2D eigenvalue weighted by molar-refractivity contribution is -0.191. The van der Waals surface area contributed by atoms with E-state index < -0.39 is 6.10 Å². The Morgan fingerprint density at radius 1 is 1.19 bits per heavy atom. The molecule has 0 aliphatic rings. The Morgan fingerprint density at radius 3 is 2.52 bits per heavy atom. The molecule has 0 aliphatic heterocycles. The predicted octanol–water partition coefficient (Wildman–Crippen LogP) is 5.51. The van der Waals surface area contributed by atoms with E-state index in [2.05, 4.69) is 24.2 Å². The number of rotatable bonds is 8. The first kappa shape index (κ1) is 24.4. The number of ether oxygens (including phenoxy) is 1. The fourth-order valence-electron chi connectivity index (χ4n) is 2.86. The number of aromatic nitrogens is 1. The number of nitrogens with zero attached hydrogens (tertiary/aromatic N) is 1. The van der Waals surface area contributed by atoms with Crippen LogP contribution in [-0.4, -0.2) is 23.0 Å². The lowest BCUT2D eigenvalue weighted by atomic mass is 10.0. The summed E-state index contributed by atoms with van der Waals surface area (Å²) in [5.41, 5.74) is 4.32. The van der Waals surface area contributed by atoms with E-state index in [1.807, 2.05) is 42.1 Å². The highest BCUT2D eigenvalue weighted by molar-refractivity contribution is 7.98. The van der Waals surface area contributed by atoms with Crippen molar-refractivity contribution in [1.29, 1.82) is 0 Å². The first-order valence-electron chi connectivity index (χ1n) is 9.53. The van der Waals surface area contributed by atoms with Crippen LogP contribution in [0.5, 0.6) is 0 Å². The van der Waals surface area contributed by atoms with Crippen molar-refractivity contribution >= 4 is 35.5 Å². The van der Waals surface area contributed by atoms with Crippen molar-refractivity contribution in [2.75, 3.05) is 5.75 Å². The maximum atomic E-state index is 12.4. The van der Waals surface area contributed by atoms with Gasteiger partial charge in [0.05, 0.1) is 6.42 Å². The summed E-state index contributed by atoms with van der Waals surface area (Å²) in [4.78, 5) is 28.7. The summed E-state index contributed by atoms with van der Waals surface area (Å²) in [6, 6.07) is 15.5. The topological polar surface area (TPSA) is 86.5 Å². The Bertz CT molecular complexity index is 1010. The number of carbonyl (C=O) groups is 1. The van der Waals surface area contributed by atoms with Gasteiger partial charge in [0.1, 0.15) is 18.1 Å². The molecule has 0 spiro atoms. The van der Waals surface area contributed by atoms with Gasteiger partial charge < -0.3 is 9.26 Å². The van der Waals surface area contributed by atoms with E-state index >= 15 is 0 Å². The lowest BCUT2D eigenvalue weighted by Gasteiger charge is -2.14. The van der Waals surface area contributed by atoms with Crippen LogP contribution in [-0.2, 0) is 31.3 Å². The van der Waals surface area contributed by atoms with Crippen LogP contribution in [0.2, 0.25) is 5.02 Å². The lowest BCUT2D eigenvalue weighted by Crippen LogP contribution is -2.12. The van der Waals surface area contributed by atoms with Crippen LogP contribution in [0, 0.1) is 0 Å². The molecule has 3 rings (SSSR count). The molecule has 0 amide bonds. The molecular weight excluding hydrogens is 438 g/mol. The van der Waals surface area contributed by atoms with Crippen molar-refractivity contribution in [2.24, 2.45) is 0 Å². The molecule has 0 unspecified atom stereocenters. The van der Waals surface area contributed by atoms with Crippen LogP contribution in [0.15, 0.2) is 59.3 Å². The van der Waals surface area contributed by atoms with E-state index in [-0.39, 0.29) is 18.5 Å². The zero-order valence-corrected chi connectivity index (χ0v) is 18.7. The third-order valence-corrected chi connectivity index (χ3v) is 5.62. The van der Waals surface area contributed by atoms with E-state index in [0.29, 0.717) is 16.3 Å². The highest BCUT2D eigenvalue weighted by Crippen LogP contribution is 2.27. The second-order valence-corrected chi connectivity index (χ2v) is 8.12. The number of esters is 1. The van der Waals surface area contributed by atoms with Gasteiger partial charge in [0.15, 0.2) is 0 Å². The normalized spacial score (nSPS) is 11.1. The molecule has 0 aliphatic carbocycles. The highest BCUT2D eigenvalue weighted by Gasteiger charge is 2.18. The van der Waals surface area contributed by atoms with Crippen molar-refractivity contribution in [2.45, 2.75) is 32.1 Å². The Hall–Kier alpha value is -2.86. The molecule has 2 aromatic carbocycles. The first-order valence-corrected chi connectivity index (χ1v) is 11.1.